The van der Waals surface area contributed by atoms with Gasteiger partial charge >= 0.3 is 0 Å². The average Bonchev–Trinajstić information content (AvgIpc) is 3.37. The summed E-state index contributed by atoms with van der Waals surface area (Å²) in [4.78, 5) is 16.4. The minimum atomic E-state index is 0.221. The van der Waals surface area contributed by atoms with E-state index in [2.05, 4.69) is 53.3 Å². The summed E-state index contributed by atoms with van der Waals surface area (Å²) >= 11 is 0. The van der Waals surface area contributed by atoms with E-state index in [1.807, 2.05) is 17.1 Å². The smallest absolute Gasteiger partial charge is 0.178 e. The Morgan fingerprint density at radius 3 is 2.76 bits per heavy atom. The second-order valence-electron chi connectivity index (χ2n) is 8.99. The lowest BCUT2D eigenvalue weighted by Crippen LogP contribution is -2.23. The number of aromatic nitrogens is 6. The van der Waals surface area contributed by atoms with E-state index in [1.54, 1.807) is 6.33 Å². The van der Waals surface area contributed by atoms with Crippen molar-refractivity contribution in [3.63, 3.8) is 0 Å². The van der Waals surface area contributed by atoms with Crippen LogP contribution in [0.2, 0.25) is 0 Å². The predicted molar refractivity (Wildman–Crippen MR) is 111 cm³/mol. The number of imidazole rings is 1. The van der Waals surface area contributed by atoms with Gasteiger partial charge in [-0.25, -0.2) is 19.6 Å². The van der Waals surface area contributed by atoms with Gasteiger partial charge in [-0.2, -0.15) is 5.10 Å². The van der Waals surface area contributed by atoms with Gasteiger partial charge in [0.05, 0.1) is 12.1 Å². The molecule has 1 saturated heterocycles. The van der Waals surface area contributed by atoms with Crippen LogP contribution >= 0.6 is 0 Å². The highest BCUT2D eigenvalue weighted by molar-refractivity contribution is 5.69. The van der Waals surface area contributed by atoms with Gasteiger partial charge in [0.25, 0.3) is 0 Å². The van der Waals surface area contributed by atoms with Crippen LogP contribution in [0.4, 0.5) is 5.82 Å². The van der Waals surface area contributed by atoms with E-state index in [1.165, 1.54) is 6.42 Å². The molecule has 0 saturated carbocycles. The molecule has 0 aromatic carbocycles. The van der Waals surface area contributed by atoms with Crippen molar-refractivity contribution in [1.29, 1.82) is 0 Å². The number of ether oxygens (including phenoxy) is 1. The van der Waals surface area contributed by atoms with Crippen molar-refractivity contribution in [2.45, 2.75) is 46.7 Å². The molecule has 8 heteroatoms. The maximum absolute atomic E-state index is 6.07. The lowest BCUT2D eigenvalue weighted by Gasteiger charge is -2.21. The van der Waals surface area contributed by atoms with Crippen LogP contribution in [0.15, 0.2) is 24.8 Å². The molecule has 0 spiro atoms. The van der Waals surface area contributed by atoms with E-state index in [4.69, 9.17) is 14.7 Å². The first kappa shape index (κ1) is 18.1. The van der Waals surface area contributed by atoms with Gasteiger partial charge in [-0.3, -0.25) is 0 Å². The molecule has 0 bridgehead atoms. The molecule has 2 aliphatic rings. The van der Waals surface area contributed by atoms with Gasteiger partial charge in [-0.05, 0) is 25.7 Å². The summed E-state index contributed by atoms with van der Waals surface area (Å²) in [5.41, 5.74) is 2.07. The Kier molecular flexibility index (Phi) is 4.11. The third-order valence-electron chi connectivity index (χ3n) is 5.75. The Bertz CT molecular complexity index is 1050. The molecular weight excluding hydrogens is 366 g/mol. The molecule has 8 nitrogen and oxygen atoms in total. The summed E-state index contributed by atoms with van der Waals surface area (Å²) < 4.78 is 10.1. The van der Waals surface area contributed by atoms with Crippen molar-refractivity contribution < 1.29 is 4.74 Å². The lowest BCUT2D eigenvalue weighted by atomic mass is 9.93. The molecule has 0 N–H and O–H groups in total. The zero-order chi connectivity index (χ0) is 20.2. The first-order valence-corrected chi connectivity index (χ1v) is 10.3. The number of pyridine rings is 1. The summed E-state index contributed by atoms with van der Waals surface area (Å²) in [6, 6.07) is 2.29. The van der Waals surface area contributed by atoms with Crippen molar-refractivity contribution in [3.05, 3.63) is 24.8 Å². The molecule has 3 aromatic heterocycles. The fraction of sp³-hybridized carbons (Fsp3) is 0.524. The molecule has 5 rings (SSSR count). The van der Waals surface area contributed by atoms with Gasteiger partial charge in [-0.1, -0.05) is 13.8 Å². The highest BCUT2D eigenvalue weighted by Crippen LogP contribution is 2.37. The number of nitrogens with zero attached hydrogens (tertiary/aromatic N) is 7. The summed E-state index contributed by atoms with van der Waals surface area (Å²) in [7, 11) is 0. The van der Waals surface area contributed by atoms with Crippen LogP contribution in [0, 0.1) is 5.41 Å². The molecule has 5 heterocycles. The Morgan fingerprint density at radius 2 is 2.00 bits per heavy atom. The maximum Gasteiger partial charge on any atom is 0.178 e. The molecule has 0 unspecified atom stereocenters. The van der Waals surface area contributed by atoms with Crippen LogP contribution < -0.4 is 9.64 Å². The van der Waals surface area contributed by atoms with Gasteiger partial charge in [0.15, 0.2) is 5.82 Å². The fourth-order valence-electron chi connectivity index (χ4n) is 4.17. The molecule has 2 aliphatic heterocycles. The van der Waals surface area contributed by atoms with Crippen LogP contribution in [0.5, 0.6) is 5.75 Å². The zero-order valence-corrected chi connectivity index (χ0v) is 17.5. The first-order valence-electron chi connectivity index (χ1n) is 10.3. The number of hydrogen-bond acceptors (Lipinski definition) is 6. The predicted octanol–water partition coefficient (Wildman–Crippen LogP) is 3.41. The van der Waals surface area contributed by atoms with Crippen molar-refractivity contribution in [1.82, 2.24) is 29.3 Å². The Hall–Kier alpha value is -2.90. The Balaban J connectivity index is 1.52. The number of anilines is 1. The van der Waals surface area contributed by atoms with Crippen molar-refractivity contribution in [3.8, 4) is 28.7 Å². The molecule has 0 radical (unpaired) electrons. The van der Waals surface area contributed by atoms with E-state index in [0.29, 0.717) is 12.0 Å². The second kappa shape index (κ2) is 6.57. The molecule has 1 fully saturated rings. The van der Waals surface area contributed by atoms with Gasteiger partial charge in [0, 0.05) is 37.6 Å². The third-order valence-corrected chi connectivity index (χ3v) is 5.75. The monoisotopic (exact) mass is 393 g/mol. The maximum atomic E-state index is 6.07. The quantitative estimate of drug-likeness (QED) is 0.679. The first-order chi connectivity index (χ1) is 13.9. The van der Waals surface area contributed by atoms with Crippen LogP contribution in [0.1, 0.15) is 40.2 Å². The standard InChI is InChI=1S/C21H27N7O/c1-14(2)28-20(23-13-24-28)16-11-26-7-8-29-17-9-18(22-10-15(17)19(26)25-16)27-6-5-21(3,4)12-27/h9-11,13-14H,5-8,12H2,1-4H3. The number of hydrogen-bond donors (Lipinski definition) is 0. The van der Waals surface area contributed by atoms with Gasteiger partial charge in [-0.15, -0.1) is 0 Å². The number of fused-ring (bicyclic) bond motifs is 3. The lowest BCUT2D eigenvalue weighted by molar-refractivity contribution is 0.306. The summed E-state index contributed by atoms with van der Waals surface area (Å²) in [5.74, 6) is 3.48. The summed E-state index contributed by atoms with van der Waals surface area (Å²) in [6.45, 7) is 12.2. The summed E-state index contributed by atoms with van der Waals surface area (Å²) in [5, 5.41) is 4.34. The Morgan fingerprint density at radius 1 is 1.14 bits per heavy atom. The van der Waals surface area contributed by atoms with Crippen molar-refractivity contribution in [2.24, 2.45) is 5.41 Å². The third kappa shape index (κ3) is 3.16. The van der Waals surface area contributed by atoms with E-state index in [9.17, 15) is 0 Å². The van der Waals surface area contributed by atoms with Crippen LogP contribution in [0.3, 0.4) is 0 Å². The van der Waals surface area contributed by atoms with Crippen LogP contribution in [-0.2, 0) is 6.54 Å². The van der Waals surface area contributed by atoms with Crippen molar-refractivity contribution in [2.75, 3.05) is 24.6 Å². The van der Waals surface area contributed by atoms with Gasteiger partial charge in [0.2, 0.25) is 0 Å². The largest absolute Gasteiger partial charge is 0.491 e. The molecular formula is C21H27N7O. The van der Waals surface area contributed by atoms with E-state index in [-0.39, 0.29) is 6.04 Å². The molecule has 3 aromatic rings. The van der Waals surface area contributed by atoms with Crippen LogP contribution in [-0.4, -0.2) is 49.0 Å². The van der Waals surface area contributed by atoms with Gasteiger partial charge < -0.3 is 14.2 Å². The SMILES string of the molecule is CC(C)n1ncnc1-c1cn2c(n1)-c1cnc(N3CCC(C)(C)C3)cc1OCC2. The zero-order valence-electron chi connectivity index (χ0n) is 17.5. The van der Waals surface area contributed by atoms with Crippen molar-refractivity contribution >= 4 is 5.82 Å². The topological polar surface area (TPSA) is 73.9 Å². The van der Waals surface area contributed by atoms with Gasteiger partial charge in [0.1, 0.15) is 36.0 Å². The minimum absolute atomic E-state index is 0.221. The Labute approximate surface area is 170 Å². The molecule has 0 atom stereocenters. The molecule has 0 aliphatic carbocycles. The highest BCUT2D eigenvalue weighted by Gasteiger charge is 2.31. The average molecular weight is 393 g/mol. The molecule has 152 valence electrons. The van der Waals surface area contributed by atoms with E-state index < -0.39 is 0 Å². The normalized spacial score (nSPS) is 17.8. The fourth-order valence-corrected chi connectivity index (χ4v) is 4.17. The minimum Gasteiger partial charge on any atom is -0.491 e. The molecule has 0 amide bonds. The van der Waals surface area contributed by atoms with Crippen LogP contribution in [0.25, 0.3) is 22.9 Å². The van der Waals surface area contributed by atoms with E-state index in [0.717, 1.165) is 54.1 Å². The second-order valence-corrected chi connectivity index (χ2v) is 8.99. The summed E-state index contributed by atoms with van der Waals surface area (Å²) in [6.07, 6.45) is 6.70. The molecule has 29 heavy (non-hydrogen) atoms. The highest BCUT2D eigenvalue weighted by atomic mass is 16.5. The number of rotatable bonds is 3. The van der Waals surface area contributed by atoms with E-state index >= 15 is 0 Å².